The van der Waals surface area contributed by atoms with Crippen LogP contribution in [0.15, 0.2) is 12.4 Å². The molecule has 0 spiro atoms. The number of aryl methyl sites for hydroxylation is 1. The second kappa shape index (κ2) is 6.76. The molecule has 0 aromatic carbocycles. The summed E-state index contributed by atoms with van der Waals surface area (Å²) >= 11 is 0. The van der Waals surface area contributed by atoms with Crippen molar-refractivity contribution in [3.63, 3.8) is 0 Å². The summed E-state index contributed by atoms with van der Waals surface area (Å²) in [6.45, 7) is 4.48. The molecule has 0 radical (unpaired) electrons. The van der Waals surface area contributed by atoms with Crippen molar-refractivity contribution in [2.75, 3.05) is 13.1 Å². The number of rotatable bonds is 4. The van der Waals surface area contributed by atoms with Gasteiger partial charge in [0.25, 0.3) is 0 Å². The van der Waals surface area contributed by atoms with Gasteiger partial charge in [0.2, 0.25) is 5.91 Å². The van der Waals surface area contributed by atoms with Gasteiger partial charge in [-0.2, -0.15) is 0 Å². The summed E-state index contributed by atoms with van der Waals surface area (Å²) in [5.41, 5.74) is 1.66. The molecule has 1 N–H and O–H groups in total. The molecule has 4 rings (SSSR count). The van der Waals surface area contributed by atoms with E-state index in [4.69, 9.17) is 4.74 Å². The van der Waals surface area contributed by atoms with Crippen molar-refractivity contribution in [2.24, 2.45) is 5.92 Å². The van der Waals surface area contributed by atoms with Gasteiger partial charge in [0.1, 0.15) is 6.10 Å². The Hall–Kier alpha value is -1.53. The number of nitrogens with zero attached hydrogens (tertiary/aromatic N) is 3. The molecular weight excluding hydrogens is 304 g/mol. The van der Waals surface area contributed by atoms with Gasteiger partial charge in [0.05, 0.1) is 30.2 Å². The average Bonchev–Trinajstić information content (AvgIpc) is 2.96. The Labute approximate surface area is 143 Å². The standard InChI is InChI=1S/C18H26N4O2/c1-12-8-20-14(9-19-12)10-21-18(23)16-7-13-5-6-22(11-17(13)24-16)15-3-2-4-15/h8-9,13,15-17H,2-7,10-11H2,1H3,(H,21,23)/t13-,16+,17+/m1/s1. The Balaban J connectivity index is 1.28. The number of likely N-dealkylation sites (tertiary alicyclic amines) is 1. The monoisotopic (exact) mass is 330 g/mol. The number of piperidine rings is 1. The first kappa shape index (κ1) is 16.0. The Bertz CT molecular complexity index is 587. The molecule has 3 atom stereocenters. The van der Waals surface area contributed by atoms with E-state index in [1.165, 1.54) is 25.8 Å². The highest BCUT2D eigenvalue weighted by Crippen LogP contribution is 2.36. The van der Waals surface area contributed by atoms with Crippen LogP contribution < -0.4 is 5.32 Å². The van der Waals surface area contributed by atoms with Crippen LogP contribution in [0, 0.1) is 12.8 Å². The maximum Gasteiger partial charge on any atom is 0.249 e. The fourth-order valence-corrected chi connectivity index (χ4v) is 4.01. The zero-order valence-corrected chi connectivity index (χ0v) is 14.3. The maximum atomic E-state index is 12.4. The molecular formula is C18H26N4O2. The molecule has 1 amide bonds. The number of nitrogens with one attached hydrogen (secondary N) is 1. The smallest absolute Gasteiger partial charge is 0.249 e. The minimum Gasteiger partial charge on any atom is -0.364 e. The van der Waals surface area contributed by atoms with Gasteiger partial charge in [0, 0.05) is 18.8 Å². The van der Waals surface area contributed by atoms with Crippen LogP contribution in [-0.4, -0.2) is 52.1 Å². The fourth-order valence-electron chi connectivity index (χ4n) is 4.01. The van der Waals surface area contributed by atoms with E-state index in [-0.39, 0.29) is 18.1 Å². The summed E-state index contributed by atoms with van der Waals surface area (Å²) in [5.74, 6) is 0.526. The highest BCUT2D eigenvalue weighted by molar-refractivity contribution is 5.81. The molecule has 2 saturated heterocycles. The SMILES string of the molecule is Cc1cnc(CNC(=O)[C@@H]2C[C@H]3CCN(C4CCC4)C[C@@H]3O2)cn1. The number of hydrogen-bond donors (Lipinski definition) is 1. The summed E-state index contributed by atoms with van der Waals surface area (Å²) in [4.78, 5) is 23.5. The Morgan fingerprint density at radius 2 is 2.21 bits per heavy atom. The van der Waals surface area contributed by atoms with Crippen LogP contribution in [0.25, 0.3) is 0 Å². The number of fused-ring (bicyclic) bond motifs is 1. The van der Waals surface area contributed by atoms with E-state index < -0.39 is 0 Å². The van der Waals surface area contributed by atoms with Crippen molar-refractivity contribution in [3.8, 4) is 0 Å². The zero-order chi connectivity index (χ0) is 16.5. The molecule has 3 fully saturated rings. The van der Waals surface area contributed by atoms with Crippen molar-refractivity contribution < 1.29 is 9.53 Å². The van der Waals surface area contributed by atoms with Crippen LogP contribution in [0.1, 0.15) is 43.5 Å². The van der Waals surface area contributed by atoms with Crippen LogP contribution in [0.3, 0.4) is 0 Å². The first-order chi connectivity index (χ1) is 11.7. The number of ether oxygens (including phenoxy) is 1. The molecule has 6 nitrogen and oxygen atoms in total. The van der Waals surface area contributed by atoms with E-state index in [1.807, 2.05) is 6.92 Å². The van der Waals surface area contributed by atoms with E-state index in [9.17, 15) is 4.79 Å². The molecule has 2 aliphatic heterocycles. The van der Waals surface area contributed by atoms with Crippen molar-refractivity contribution in [3.05, 3.63) is 23.8 Å². The number of hydrogen-bond acceptors (Lipinski definition) is 5. The molecule has 3 heterocycles. The molecule has 130 valence electrons. The molecule has 24 heavy (non-hydrogen) atoms. The second-order valence-electron chi connectivity index (χ2n) is 7.39. The molecule has 1 aromatic heterocycles. The van der Waals surface area contributed by atoms with E-state index >= 15 is 0 Å². The predicted molar refractivity (Wildman–Crippen MR) is 89.2 cm³/mol. The van der Waals surface area contributed by atoms with Crippen LogP contribution in [-0.2, 0) is 16.1 Å². The van der Waals surface area contributed by atoms with Crippen LogP contribution in [0.4, 0.5) is 0 Å². The average molecular weight is 330 g/mol. The number of carbonyl (C=O) groups excluding carboxylic acids is 1. The lowest BCUT2D eigenvalue weighted by Crippen LogP contribution is -2.49. The topological polar surface area (TPSA) is 67.4 Å². The van der Waals surface area contributed by atoms with Gasteiger partial charge in [-0.05, 0) is 45.1 Å². The summed E-state index contributed by atoms with van der Waals surface area (Å²) < 4.78 is 6.09. The molecule has 1 aliphatic carbocycles. The maximum absolute atomic E-state index is 12.4. The Morgan fingerprint density at radius 3 is 2.92 bits per heavy atom. The predicted octanol–water partition coefficient (Wildman–Crippen LogP) is 1.43. The third kappa shape index (κ3) is 3.30. The van der Waals surface area contributed by atoms with E-state index in [2.05, 4.69) is 20.2 Å². The van der Waals surface area contributed by atoms with Gasteiger partial charge in [-0.15, -0.1) is 0 Å². The quantitative estimate of drug-likeness (QED) is 0.905. The molecule has 0 unspecified atom stereocenters. The van der Waals surface area contributed by atoms with Gasteiger partial charge in [-0.25, -0.2) is 0 Å². The number of aromatic nitrogens is 2. The summed E-state index contributed by atoms with van der Waals surface area (Å²) in [5, 5.41) is 2.95. The lowest BCUT2D eigenvalue weighted by molar-refractivity contribution is -0.133. The Morgan fingerprint density at radius 1 is 1.33 bits per heavy atom. The third-order valence-electron chi connectivity index (χ3n) is 5.74. The van der Waals surface area contributed by atoms with Crippen LogP contribution in [0.2, 0.25) is 0 Å². The minimum absolute atomic E-state index is 0.0121. The summed E-state index contributed by atoms with van der Waals surface area (Å²) in [7, 11) is 0. The Kier molecular flexibility index (Phi) is 4.50. The number of amides is 1. The fraction of sp³-hybridized carbons (Fsp3) is 0.722. The molecule has 6 heteroatoms. The lowest BCUT2D eigenvalue weighted by atomic mass is 9.86. The van der Waals surface area contributed by atoms with Crippen molar-refractivity contribution in [1.29, 1.82) is 0 Å². The minimum atomic E-state index is -0.306. The molecule has 1 aromatic rings. The van der Waals surface area contributed by atoms with Gasteiger partial charge in [-0.3, -0.25) is 19.7 Å². The molecule has 3 aliphatic rings. The number of carbonyl (C=O) groups is 1. The van der Waals surface area contributed by atoms with Gasteiger partial charge < -0.3 is 10.1 Å². The summed E-state index contributed by atoms with van der Waals surface area (Å²) in [6, 6.07) is 0.766. The summed E-state index contributed by atoms with van der Waals surface area (Å²) in [6.07, 6.45) is 9.40. The van der Waals surface area contributed by atoms with Gasteiger partial charge in [-0.1, -0.05) is 6.42 Å². The van der Waals surface area contributed by atoms with Crippen molar-refractivity contribution in [2.45, 2.75) is 63.8 Å². The molecule has 1 saturated carbocycles. The van der Waals surface area contributed by atoms with Gasteiger partial charge in [0.15, 0.2) is 0 Å². The normalized spacial score (nSPS) is 30.6. The van der Waals surface area contributed by atoms with E-state index in [0.717, 1.165) is 36.8 Å². The first-order valence-electron chi connectivity index (χ1n) is 9.14. The lowest BCUT2D eigenvalue weighted by Gasteiger charge is -2.43. The highest BCUT2D eigenvalue weighted by Gasteiger charge is 2.43. The third-order valence-corrected chi connectivity index (χ3v) is 5.74. The van der Waals surface area contributed by atoms with Crippen molar-refractivity contribution in [1.82, 2.24) is 20.2 Å². The largest absolute Gasteiger partial charge is 0.364 e. The van der Waals surface area contributed by atoms with Crippen molar-refractivity contribution >= 4 is 5.91 Å². The van der Waals surface area contributed by atoms with Gasteiger partial charge >= 0.3 is 0 Å². The highest BCUT2D eigenvalue weighted by atomic mass is 16.5. The van der Waals surface area contributed by atoms with E-state index in [1.54, 1.807) is 12.4 Å². The molecule has 0 bridgehead atoms. The second-order valence-corrected chi connectivity index (χ2v) is 7.39. The van der Waals surface area contributed by atoms with E-state index in [0.29, 0.717) is 12.5 Å². The van der Waals surface area contributed by atoms with Crippen LogP contribution >= 0.6 is 0 Å². The zero-order valence-electron chi connectivity index (χ0n) is 14.3. The van der Waals surface area contributed by atoms with Crippen LogP contribution in [0.5, 0.6) is 0 Å². The first-order valence-corrected chi connectivity index (χ1v) is 9.14.